The molecule has 8 nitrogen and oxygen atoms in total. The summed E-state index contributed by atoms with van der Waals surface area (Å²) in [7, 11) is -0.502. The largest absolute Gasteiger partial charge is 0.497 e. The Hall–Kier alpha value is -2.62. The fraction of sp³-hybridized carbons (Fsp3) is 0.435. The number of hydrogen-bond acceptors (Lipinski definition) is 6. The van der Waals surface area contributed by atoms with Crippen LogP contribution in [0.15, 0.2) is 47.4 Å². The van der Waals surface area contributed by atoms with Crippen LogP contribution in [0.25, 0.3) is 0 Å². The van der Waals surface area contributed by atoms with Gasteiger partial charge in [-0.3, -0.25) is 4.79 Å². The van der Waals surface area contributed by atoms with E-state index in [1.807, 2.05) is 12.1 Å². The highest BCUT2D eigenvalue weighted by Gasteiger charge is 2.34. The molecule has 9 heteroatoms. The van der Waals surface area contributed by atoms with Gasteiger partial charge < -0.3 is 19.1 Å². The van der Waals surface area contributed by atoms with Crippen molar-refractivity contribution in [2.24, 2.45) is 0 Å². The summed E-state index contributed by atoms with van der Waals surface area (Å²) in [6.07, 6.45) is 1.85. The number of carbonyl (C=O) groups excluding carboxylic acids is 1. The molecule has 1 saturated heterocycles. The highest BCUT2D eigenvalue weighted by molar-refractivity contribution is 7.89. The first kappa shape index (κ1) is 22.6. The van der Waals surface area contributed by atoms with Crippen LogP contribution in [0.3, 0.4) is 0 Å². The fourth-order valence-corrected chi connectivity index (χ4v) is 5.26. The molecule has 32 heavy (non-hydrogen) atoms. The molecular weight excluding hydrogens is 432 g/mol. The number of hydrogen-bond donors (Lipinski definition) is 0. The van der Waals surface area contributed by atoms with Crippen molar-refractivity contribution in [3.05, 3.63) is 53.6 Å². The van der Waals surface area contributed by atoms with Crippen LogP contribution < -0.4 is 9.47 Å². The summed E-state index contributed by atoms with van der Waals surface area (Å²) < 4.78 is 43.5. The van der Waals surface area contributed by atoms with E-state index >= 15 is 0 Å². The average Bonchev–Trinajstić information content (AvgIpc) is 3.68. The molecule has 1 amide bonds. The minimum atomic E-state index is -3.68. The van der Waals surface area contributed by atoms with Crippen molar-refractivity contribution in [1.82, 2.24) is 9.21 Å². The molecule has 0 aromatic heterocycles. The molecular formula is C23H28N2O6S. The first-order valence-corrected chi connectivity index (χ1v) is 12.1. The lowest BCUT2D eigenvalue weighted by Crippen LogP contribution is -2.40. The third-order valence-electron chi connectivity index (χ3n) is 5.77. The van der Waals surface area contributed by atoms with E-state index in [9.17, 15) is 13.2 Å². The number of nitrogens with zero attached hydrogens (tertiary/aromatic N) is 2. The van der Waals surface area contributed by atoms with Gasteiger partial charge in [0.25, 0.3) is 5.91 Å². The SMILES string of the molecule is COc1ccc(CN(C(=O)c2cccc(S(=O)(=O)N3CCOCC3)c2)C2CC2)c(OC)c1. The molecule has 0 atom stereocenters. The number of benzene rings is 2. The first-order valence-electron chi connectivity index (χ1n) is 10.6. The molecule has 2 aliphatic rings. The second-order valence-corrected chi connectivity index (χ2v) is 9.82. The molecule has 2 fully saturated rings. The number of ether oxygens (including phenoxy) is 3. The van der Waals surface area contributed by atoms with E-state index in [0.29, 0.717) is 49.9 Å². The van der Waals surface area contributed by atoms with Gasteiger partial charge in [-0.2, -0.15) is 4.31 Å². The molecule has 2 aromatic rings. The smallest absolute Gasteiger partial charge is 0.254 e. The Morgan fingerprint density at radius 1 is 1.09 bits per heavy atom. The maximum atomic E-state index is 13.4. The maximum Gasteiger partial charge on any atom is 0.254 e. The van der Waals surface area contributed by atoms with Crippen molar-refractivity contribution >= 4 is 15.9 Å². The van der Waals surface area contributed by atoms with Crippen LogP contribution in [0.5, 0.6) is 11.5 Å². The maximum absolute atomic E-state index is 13.4. The topological polar surface area (TPSA) is 85.4 Å². The molecule has 4 rings (SSSR count). The standard InChI is InChI=1S/C23H28N2O6S/c1-29-20-9-6-18(22(15-20)30-2)16-25(19-7-8-19)23(26)17-4-3-5-21(14-17)32(27,28)24-10-12-31-13-11-24/h3-6,9,14-15,19H,7-8,10-13,16H2,1-2H3. The van der Waals surface area contributed by atoms with E-state index in [0.717, 1.165) is 18.4 Å². The van der Waals surface area contributed by atoms with Gasteiger partial charge in [0.2, 0.25) is 10.0 Å². The lowest BCUT2D eigenvalue weighted by Gasteiger charge is -2.27. The molecule has 1 heterocycles. The first-order chi connectivity index (χ1) is 15.4. The van der Waals surface area contributed by atoms with Crippen LogP contribution in [-0.2, 0) is 21.3 Å². The van der Waals surface area contributed by atoms with Crippen LogP contribution >= 0.6 is 0 Å². The normalized spacial score (nSPS) is 17.1. The van der Waals surface area contributed by atoms with Crippen molar-refractivity contribution in [3.8, 4) is 11.5 Å². The number of sulfonamides is 1. The Balaban J connectivity index is 1.59. The van der Waals surface area contributed by atoms with Gasteiger partial charge in [-0.15, -0.1) is 0 Å². The molecule has 2 aromatic carbocycles. The van der Waals surface area contributed by atoms with Crippen molar-refractivity contribution in [3.63, 3.8) is 0 Å². The summed E-state index contributed by atoms with van der Waals surface area (Å²) in [5, 5.41) is 0. The van der Waals surface area contributed by atoms with Crippen LogP contribution in [0, 0.1) is 0 Å². The number of methoxy groups -OCH3 is 2. The Morgan fingerprint density at radius 2 is 1.84 bits per heavy atom. The van der Waals surface area contributed by atoms with Crippen molar-refractivity contribution < 1.29 is 27.4 Å². The van der Waals surface area contributed by atoms with E-state index in [2.05, 4.69) is 0 Å². The second kappa shape index (κ2) is 9.48. The van der Waals surface area contributed by atoms with Gasteiger partial charge in [-0.25, -0.2) is 8.42 Å². The zero-order chi connectivity index (χ0) is 22.7. The van der Waals surface area contributed by atoms with Crippen LogP contribution in [0.2, 0.25) is 0 Å². The summed E-state index contributed by atoms with van der Waals surface area (Å²) in [5.41, 5.74) is 1.23. The van der Waals surface area contributed by atoms with Crippen molar-refractivity contribution in [2.45, 2.75) is 30.3 Å². The van der Waals surface area contributed by atoms with Gasteiger partial charge in [0.15, 0.2) is 0 Å². The molecule has 0 bridgehead atoms. The average molecular weight is 461 g/mol. The van der Waals surface area contributed by atoms with E-state index in [1.54, 1.807) is 37.3 Å². The van der Waals surface area contributed by atoms with E-state index in [4.69, 9.17) is 14.2 Å². The van der Waals surface area contributed by atoms with Crippen molar-refractivity contribution in [2.75, 3.05) is 40.5 Å². The Labute approximate surface area is 188 Å². The zero-order valence-corrected chi connectivity index (χ0v) is 19.1. The summed E-state index contributed by atoms with van der Waals surface area (Å²) in [5.74, 6) is 1.13. The third-order valence-corrected chi connectivity index (χ3v) is 7.67. The van der Waals surface area contributed by atoms with Gasteiger partial charge in [0.05, 0.1) is 32.3 Å². The molecule has 1 aliphatic heterocycles. The lowest BCUT2D eigenvalue weighted by atomic mass is 10.1. The number of carbonyl (C=O) groups is 1. The number of rotatable bonds is 8. The molecule has 1 saturated carbocycles. The Kier molecular flexibility index (Phi) is 6.68. The molecule has 1 aliphatic carbocycles. The van der Waals surface area contributed by atoms with Crippen LogP contribution in [-0.4, -0.2) is 70.1 Å². The summed E-state index contributed by atoms with van der Waals surface area (Å²) in [4.78, 5) is 15.4. The Morgan fingerprint density at radius 3 is 2.50 bits per heavy atom. The van der Waals surface area contributed by atoms with Gasteiger partial charge in [-0.05, 0) is 43.2 Å². The van der Waals surface area contributed by atoms with Gasteiger partial charge in [0, 0.05) is 42.9 Å². The lowest BCUT2D eigenvalue weighted by molar-refractivity contribution is 0.0724. The summed E-state index contributed by atoms with van der Waals surface area (Å²) >= 11 is 0. The van der Waals surface area contributed by atoms with Gasteiger partial charge in [-0.1, -0.05) is 6.07 Å². The highest BCUT2D eigenvalue weighted by Crippen LogP contribution is 2.33. The molecule has 0 unspecified atom stereocenters. The predicted octanol–water partition coefficient (Wildman–Crippen LogP) is 2.53. The number of amides is 1. The molecule has 0 spiro atoms. The monoisotopic (exact) mass is 460 g/mol. The highest BCUT2D eigenvalue weighted by atomic mass is 32.2. The Bertz CT molecular complexity index is 1080. The number of morpholine rings is 1. The van der Waals surface area contributed by atoms with Crippen molar-refractivity contribution in [1.29, 1.82) is 0 Å². The van der Waals surface area contributed by atoms with Crippen LogP contribution in [0.1, 0.15) is 28.8 Å². The van der Waals surface area contributed by atoms with E-state index in [1.165, 1.54) is 16.4 Å². The fourth-order valence-electron chi connectivity index (χ4n) is 3.81. The van der Waals surface area contributed by atoms with Gasteiger partial charge in [0.1, 0.15) is 11.5 Å². The predicted molar refractivity (Wildman–Crippen MR) is 118 cm³/mol. The third kappa shape index (κ3) is 4.74. The second-order valence-electron chi connectivity index (χ2n) is 7.89. The minimum Gasteiger partial charge on any atom is -0.497 e. The summed E-state index contributed by atoms with van der Waals surface area (Å²) in [6, 6.07) is 12.0. The van der Waals surface area contributed by atoms with E-state index < -0.39 is 10.0 Å². The minimum absolute atomic E-state index is 0.128. The molecule has 0 N–H and O–H groups in total. The van der Waals surface area contributed by atoms with E-state index in [-0.39, 0.29) is 16.8 Å². The molecule has 0 radical (unpaired) electrons. The zero-order valence-electron chi connectivity index (χ0n) is 18.3. The van der Waals surface area contributed by atoms with Crippen LogP contribution in [0.4, 0.5) is 0 Å². The molecule has 172 valence electrons. The quantitative estimate of drug-likeness (QED) is 0.602. The summed E-state index contributed by atoms with van der Waals surface area (Å²) in [6.45, 7) is 1.74. The van der Waals surface area contributed by atoms with Gasteiger partial charge >= 0.3 is 0 Å².